The van der Waals surface area contributed by atoms with Gasteiger partial charge in [-0.1, -0.05) is 15.9 Å². The average Bonchev–Trinajstić information content (AvgIpc) is 3.09. The van der Waals surface area contributed by atoms with Gasteiger partial charge in [-0.3, -0.25) is 4.79 Å². The number of rotatable bonds is 4. The van der Waals surface area contributed by atoms with E-state index in [0.717, 1.165) is 57.4 Å². The molecule has 3 aliphatic heterocycles. The van der Waals surface area contributed by atoms with E-state index in [2.05, 4.69) is 25.7 Å². The fourth-order valence-corrected chi connectivity index (χ4v) is 4.19. The van der Waals surface area contributed by atoms with E-state index in [0.29, 0.717) is 24.0 Å². The minimum atomic E-state index is 0.368. The highest BCUT2D eigenvalue weighted by atomic mass is 79.9. The van der Waals surface area contributed by atoms with Crippen LogP contribution in [-0.2, 0) is 9.53 Å². The van der Waals surface area contributed by atoms with E-state index >= 15 is 0 Å². The average molecular weight is 345 g/mol. The summed E-state index contributed by atoms with van der Waals surface area (Å²) >= 11 is 3.51. The van der Waals surface area contributed by atoms with Crippen LogP contribution >= 0.6 is 15.9 Å². The Balaban J connectivity index is 1.45. The van der Waals surface area contributed by atoms with Crippen molar-refractivity contribution in [3.8, 4) is 0 Å². The van der Waals surface area contributed by atoms with Gasteiger partial charge in [-0.05, 0) is 31.6 Å². The van der Waals surface area contributed by atoms with Gasteiger partial charge in [0.25, 0.3) is 0 Å². The highest BCUT2D eigenvalue weighted by Crippen LogP contribution is 2.27. The molecule has 114 valence electrons. The molecular formula is C15H25BrN2O2. The molecule has 0 aromatic carbocycles. The third kappa shape index (κ3) is 3.37. The molecule has 4 nitrogen and oxygen atoms in total. The summed E-state index contributed by atoms with van der Waals surface area (Å²) in [5.41, 5.74) is 0. The van der Waals surface area contributed by atoms with Crippen LogP contribution in [0.4, 0.5) is 0 Å². The van der Waals surface area contributed by atoms with Crippen LogP contribution in [0.25, 0.3) is 0 Å². The monoisotopic (exact) mass is 344 g/mol. The third-order valence-corrected chi connectivity index (χ3v) is 5.86. The number of amides is 1. The summed E-state index contributed by atoms with van der Waals surface area (Å²) in [5.74, 6) is 0.888. The van der Waals surface area contributed by atoms with Gasteiger partial charge in [0.2, 0.25) is 5.91 Å². The van der Waals surface area contributed by atoms with Crippen LogP contribution in [0.3, 0.4) is 0 Å². The van der Waals surface area contributed by atoms with E-state index in [9.17, 15) is 4.79 Å². The molecule has 0 aromatic rings. The fourth-order valence-electron chi connectivity index (χ4n) is 3.75. The molecule has 2 atom stereocenters. The van der Waals surface area contributed by atoms with Crippen molar-refractivity contribution < 1.29 is 9.53 Å². The Labute approximate surface area is 129 Å². The number of hydrogen-bond acceptors (Lipinski definition) is 3. The molecule has 1 amide bonds. The van der Waals surface area contributed by atoms with Crippen molar-refractivity contribution in [3.63, 3.8) is 0 Å². The molecule has 3 aliphatic rings. The zero-order valence-corrected chi connectivity index (χ0v) is 13.7. The maximum absolute atomic E-state index is 12.1. The van der Waals surface area contributed by atoms with Gasteiger partial charge >= 0.3 is 0 Å². The lowest BCUT2D eigenvalue weighted by atomic mass is 10.0. The maximum atomic E-state index is 12.1. The molecule has 3 rings (SSSR count). The van der Waals surface area contributed by atoms with E-state index in [1.807, 2.05) is 0 Å². The number of piperidine rings is 1. The first-order valence-electron chi connectivity index (χ1n) is 7.95. The van der Waals surface area contributed by atoms with Crippen molar-refractivity contribution in [2.75, 3.05) is 38.1 Å². The Bertz CT molecular complexity index is 339. The molecule has 0 radical (unpaired) electrons. The Morgan fingerprint density at radius 3 is 2.65 bits per heavy atom. The number of hydrogen-bond donors (Lipinski definition) is 0. The first kappa shape index (κ1) is 14.8. The highest BCUT2D eigenvalue weighted by Gasteiger charge is 2.35. The lowest BCUT2D eigenvalue weighted by Gasteiger charge is -2.37. The summed E-state index contributed by atoms with van der Waals surface area (Å²) in [5, 5.41) is 0.951. The second-order valence-corrected chi connectivity index (χ2v) is 7.08. The molecular weight excluding hydrogens is 320 g/mol. The second-order valence-electron chi connectivity index (χ2n) is 6.44. The summed E-state index contributed by atoms with van der Waals surface area (Å²) in [6.45, 7) is 5.23. The van der Waals surface area contributed by atoms with Gasteiger partial charge in [0.15, 0.2) is 0 Å². The van der Waals surface area contributed by atoms with Crippen molar-refractivity contribution in [1.29, 1.82) is 0 Å². The van der Waals surface area contributed by atoms with Gasteiger partial charge in [0.1, 0.15) is 0 Å². The molecule has 0 saturated carbocycles. The summed E-state index contributed by atoms with van der Waals surface area (Å²) in [6.07, 6.45) is 5.90. The van der Waals surface area contributed by atoms with E-state index in [4.69, 9.17) is 4.74 Å². The topological polar surface area (TPSA) is 32.8 Å². The quantitative estimate of drug-likeness (QED) is 0.730. The van der Waals surface area contributed by atoms with Crippen LogP contribution in [0, 0.1) is 5.92 Å². The van der Waals surface area contributed by atoms with Crippen molar-refractivity contribution in [2.24, 2.45) is 5.92 Å². The standard InChI is InChI=1S/C15H25BrN2O2/c16-9-12-8-15(19)18(10-12)13-3-5-17(6-4-13)11-14-2-1-7-20-14/h12-14H,1-11H2. The molecule has 3 heterocycles. The van der Waals surface area contributed by atoms with Gasteiger partial charge in [-0.25, -0.2) is 0 Å². The second kappa shape index (κ2) is 6.75. The van der Waals surface area contributed by atoms with Crippen LogP contribution in [0.1, 0.15) is 32.1 Å². The van der Waals surface area contributed by atoms with Crippen LogP contribution < -0.4 is 0 Å². The van der Waals surface area contributed by atoms with Crippen LogP contribution in [0.2, 0.25) is 0 Å². The smallest absolute Gasteiger partial charge is 0.223 e. The predicted molar refractivity (Wildman–Crippen MR) is 82.1 cm³/mol. The van der Waals surface area contributed by atoms with E-state index in [1.165, 1.54) is 12.8 Å². The molecule has 0 bridgehead atoms. The number of alkyl halides is 1. The first-order chi connectivity index (χ1) is 9.76. The van der Waals surface area contributed by atoms with Crippen molar-refractivity contribution in [1.82, 2.24) is 9.80 Å². The molecule has 0 aliphatic carbocycles. The highest BCUT2D eigenvalue weighted by molar-refractivity contribution is 9.09. The molecule has 2 unspecified atom stereocenters. The van der Waals surface area contributed by atoms with Gasteiger partial charge in [-0.2, -0.15) is 0 Å². The van der Waals surface area contributed by atoms with Gasteiger partial charge in [-0.15, -0.1) is 0 Å². The third-order valence-electron chi connectivity index (χ3n) is 4.94. The van der Waals surface area contributed by atoms with Gasteiger partial charge in [0.05, 0.1) is 6.10 Å². The maximum Gasteiger partial charge on any atom is 0.223 e. The fraction of sp³-hybridized carbons (Fsp3) is 0.933. The number of carbonyl (C=O) groups excluding carboxylic acids is 1. The van der Waals surface area contributed by atoms with E-state index in [1.54, 1.807) is 0 Å². The lowest BCUT2D eigenvalue weighted by Crippen LogP contribution is -2.47. The molecule has 0 spiro atoms. The van der Waals surface area contributed by atoms with Crippen LogP contribution in [0.5, 0.6) is 0 Å². The number of ether oxygens (including phenoxy) is 1. The zero-order chi connectivity index (χ0) is 13.9. The summed E-state index contributed by atoms with van der Waals surface area (Å²) in [4.78, 5) is 16.7. The number of carbonyl (C=O) groups is 1. The van der Waals surface area contributed by atoms with Crippen molar-refractivity contribution in [2.45, 2.75) is 44.2 Å². The van der Waals surface area contributed by atoms with Crippen LogP contribution in [0.15, 0.2) is 0 Å². The largest absolute Gasteiger partial charge is 0.377 e. The van der Waals surface area contributed by atoms with Crippen molar-refractivity contribution in [3.05, 3.63) is 0 Å². The number of halogens is 1. The molecule has 0 N–H and O–H groups in total. The molecule has 0 aromatic heterocycles. The van der Waals surface area contributed by atoms with Crippen LogP contribution in [-0.4, -0.2) is 66.0 Å². The van der Waals surface area contributed by atoms with Crippen molar-refractivity contribution >= 4 is 21.8 Å². The Morgan fingerprint density at radius 2 is 2.05 bits per heavy atom. The minimum absolute atomic E-state index is 0.368. The SMILES string of the molecule is O=C1CC(CBr)CN1C1CCN(CC2CCCO2)CC1. The molecule has 5 heteroatoms. The molecule has 20 heavy (non-hydrogen) atoms. The minimum Gasteiger partial charge on any atom is -0.377 e. The van der Waals surface area contributed by atoms with Gasteiger partial charge in [0, 0.05) is 50.6 Å². The Hall–Kier alpha value is -0.130. The predicted octanol–water partition coefficient (Wildman–Crippen LogP) is 1.87. The molecule has 3 saturated heterocycles. The zero-order valence-electron chi connectivity index (χ0n) is 12.1. The lowest BCUT2D eigenvalue weighted by molar-refractivity contribution is -0.130. The number of nitrogens with zero attached hydrogens (tertiary/aromatic N) is 2. The normalized spacial score (nSPS) is 33.2. The first-order valence-corrected chi connectivity index (χ1v) is 9.08. The number of likely N-dealkylation sites (tertiary alicyclic amines) is 2. The Morgan fingerprint density at radius 1 is 1.25 bits per heavy atom. The molecule has 3 fully saturated rings. The Kier molecular flexibility index (Phi) is 5.00. The van der Waals surface area contributed by atoms with Gasteiger partial charge < -0.3 is 14.5 Å². The van der Waals surface area contributed by atoms with E-state index in [-0.39, 0.29) is 0 Å². The summed E-state index contributed by atoms with van der Waals surface area (Å²) in [6, 6.07) is 0.479. The summed E-state index contributed by atoms with van der Waals surface area (Å²) in [7, 11) is 0. The van der Waals surface area contributed by atoms with E-state index < -0.39 is 0 Å². The summed E-state index contributed by atoms with van der Waals surface area (Å²) < 4.78 is 5.72.